The number of benzene rings is 1. The molecule has 1 aliphatic carbocycles. The number of amides is 1. The van der Waals surface area contributed by atoms with Gasteiger partial charge in [-0.2, -0.15) is 4.99 Å². The van der Waals surface area contributed by atoms with Crippen molar-refractivity contribution in [3.8, 4) is 0 Å². The maximum absolute atomic E-state index is 12.6. The van der Waals surface area contributed by atoms with E-state index in [1.54, 1.807) is 18.4 Å². The molecule has 5 heteroatoms. The number of hydrogen-bond acceptors (Lipinski definition) is 3. The van der Waals surface area contributed by atoms with Gasteiger partial charge in [0.25, 0.3) is 5.91 Å². The topological polar surface area (TPSA) is 43.6 Å². The largest absolute Gasteiger partial charge is 0.383 e. The van der Waals surface area contributed by atoms with Gasteiger partial charge >= 0.3 is 0 Å². The van der Waals surface area contributed by atoms with Crippen molar-refractivity contribution in [1.82, 2.24) is 4.57 Å². The summed E-state index contributed by atoms with van der Waals surface area (Å²) in [5.74, 6) is 0.170. The molecule has 1 aromatic carbocycles. The number of ether oxygens (including phenoxy) is 1. The van der Waals surface area contributed by atoms with E-state index in [2.05, 4.69) is 21.7 Å². The lowest BCUT2D eigenvalue weighted by molar-refractivity contribution is -0.122. The Hall–Kier alpha value is -1.46. The third kappa shape index (κ3) is 3.90. The van der Waals surface area contributed by atoms with E-state index in [4.69, 9.17) is 4.74 Å². The number of fused-ring (bicyclic) bond motifs is 1. The van der Waals surface area contributed by atoms with Crippen LogP contribution in [0, 0.1) is 5.92 Å². The normalized spacial score (nSPS) is 17.5. The van der Waals surface area contributed by atoms with Crippen LogP contribution in [-0.2, 0) is 16.1 Å². The van der Waals surface area contributed by atoms with E-state index in [-0.39, 0.29) is 11.8 Å². The highest BCUT2D eigenvalue weighted by Crippen LogP contribution is 2.24. The molecule has 0 radical (unpaired) electrons. The van der Waals surface area contributed by atoms with Gasteiger partial charge in [0.2, 0.25) is 0 Å². The van der Waals surface area contributed by atoms with Crippen molar-refractivity contribution in [2.45, 2.75) is 45.1 Å². The summed E-state index contributed by atoms with van der Waals surface area (Å²) >= 11 is 1.59. The van der Waals surface area contributed by atoms with Crippen molar-refractivity contribution in [1.29, 1.82) is 0 Å². The lowest BCUT2D eigenvalue weighted by atomic mass is 10.00. The molecule has 0 saturated heterocycles. The zero-order chi connectivity index (χ0) is 16.1. The van der Waals surface area contributed by atoms with Crippen LogP contribution < -0.4 is 4.80 Å². The van der Waals surface area contributed by atoms with Crippen LogP contribution in [-0.4, -0.2) is 24.2 Å². The number of hydrogen-bond donors (Lipinski definition) is 0. The second-order valence-electron chi connectivity index (χ2n) is 6.14. The Morgan fingerprint density at radius 1 is 1.26 bits per heavy atom. The first-order valence-electron chi connectivity index (χ1n) is 8.45. The number of carbonyl (C=O) groups is 1. The number of aromatic nitrogens is 1. The Morgan fingerprint density at radius 3 is 2.74 bits per heavy atom. The van der Waals surface area contributed by atoms with Crippen molar-refractivity contribution in [3.63, 3.8) is 0 Å². The van der Waals surface area contributed by atoms with Crippen LogP contribution in [0.3, 0.4) is 0 Å². The number of carbonyl (C=O) groups excluding carboxylic acids is 1. The summed E-state index contributed by atoms with van der Waals surface area (Å²) in [6.07, 6.45) is 6.79. The lowest BCUT2D eigenvalue weighted by Gasteiger charge is -2.09. The molecule has 1 aliphatic rings. The molecule has 1 fully saturated rings. The molecule has 0 unspecified atom stereocenters. The molecule has 0 N–H and O–H groups in total. The summed E-state index contributed by atoms with van der Waals surface area (Å²) in [6.45, 7) is 1.34. The smallest absolute Gasteiger partial charge is 0.251 e. The molecule has 1 heterocycles. The van der Waals surface area contributed by atoms with Gasteiger partial charge in [-0.1, -0.05) is 49.2 Å². The molecule has 1 aromatic heterocycles. The van der Waals surface area contributed by atoms with E-state index < -0.39 is 0 Å². The van der Waals surface area contributed by atoms with E-state index in [0.29, 0.717) is 6.61 Å². The molecule has 23 heavy (non-hydrogen) atoms. The van der Waals surface area contributed by atoms with Gasteiger partial charge in [-0.15, -0.1) is 0 Å². The average molecular weight is 332 g/mol. The van der Waals surface area contributed by atoms with Crippen LogP contribution in [0.25, 0.3) is 10.2 Å². The summed E-state index contributed by atoms with van der Waals surface area (Å²) in [5, 5.41) is 0. The summed E-state index contributed by atoms with van der Waals surface area (Å²) in [4.78, 5) is 17.9. The zero-order valence-corrected chi connectivity index (χ0v) is 14.5. The first kappa shape index (κ1) is 16.4. The van der Waals surface area contributed by atoms with Crippen molar-refractivity contribution < 1.29 is 9.53 Å². The number of thiazole rings is 1. The van der Waals surface area contributed by atoms with E-state index in [0.717, 1.165) is 47.2 Å². The number of nitrogens with zero attached hydrogens (tertiary/aromatic N) is 2. The van der Waals surface area contributed by atoms with Crippen LogP contribution in [0.2, 0.25) is 0 Å². The highest BCUT2D eigenvalue weighted by molar-refractivity contribution is 7.16. The predicted molar refractivity (Wildman–Crippen MR) is 93.5 cm³/mol. The Morgan fingerprint density at radius 2 is 2.00 bits per heavy atom. The molecule has 124 valence electrons. The van der Waals surface area contributed by atoms with Crippen molar-refractivity contribution in [3.05, 3.63) is 29.1 Å². The maximum Gasteiger partial charge on any atom is 0.251 e. The van der Waals surface area contributed by atoms with Crippen LogP contribution in [0.15, 0.2) is 29.3 Å². The third-order valence-corrected chi connectivity index (χ3v) is 5.58. The van der Waals surface area contributed by atoms with Crippen molar-refractivity contribution in [2.24, 2.45) is 10.9 Å². The molecule has 0 atom stereocenters. The first-order valence-corrected chi connectivity index (χ1v) is 9.27. The maximum atomic E-state index is 12.6. The molecule has 0 spiro atoms. The molecular formula is C18H24N2O2S. The molecule has 1 amide bonds. The zero-order valence-electron chi connectivity index (χ0n) is 13.7. The Labute approximate surface area is 140 Å². The van der Waals surface area contributed by atoms with Gasteiger partial charge < -0.3 is 9.30 Å². The van der Waals surface area contributed by atoms with Gasteiger partial charge in [-0.05, 0) is 25.0 Å². The van der Waals surface area contributed by atoms with Gasteiger partial charge in [-0.3, -0.25) is 4.79 Å². The monoisotopic (exact) mass is 332 g/mol. The second kappa shape index (κ2) is 7.88. The molecule has 3 rings (SSSR count). The van der Waals surface area contributed by atoms with Crippen molar-refractivity contribution in [2.75, 3.05) is 13.7 Å². The molecular weight excluding hydrogens is 308 g/mol. The van der Waals surface area contributed by atoms with E-state index in [9.17, 15) is 4.79 Å². The van der Waals surface area contributed by atoms with Crippen LogP contribution in [0.4, 0.5) is 0 Å². The van der Waals surface area contributed by atoms with Crippen LogP contribution in [0.5, 0.6) is 0 Å². The van der Waals surface area contributed by atoms with Gasteiger partial charge in [0, 0.05) is 19.6 Å². The summed E-state index contributed by atoms with van der Waals surface area (Å²) < 4.78 is 8.49. The van der Waals surface area contributed by atoms with E-state index in [1.807, 2.05) is 12.1 Å². The van der Waals surface area contributed by atoms with E-state index >= 15 is 0 Å². The third-order valence-electron chi connectivity index (χ3n) is 4.52. The minimum Gasteiger partial charge on any atom is -0.383 e. The SMILES string of the molecule is COCCn1c(=NC(=O)C2CCCCCC2)sc2ccccc21. The van der Waals surface area contributed by atoms with Gasteiger partial charge in [-0.25, -0.2) is 0 Å². The predicted octanol–water partition coefficient (Wildman–Crippen LogP) is 3.75. The Bertz CT molecular complexity index is 724. The molecule has 1 saturated carbocycles. The molecule has 4 nitrogen and oxygen atoms in total. The number of rotatable bonds is 4. The highest BCUT2D eigenvalue weighted by atomic mass is 32.1. The van der Waals surface area contributed by atoms with Gasteiger partial charge in [0.05, 0.1) is 16.8 Å². The van der Waals surface area contributed by atoms with Gasteiger partial charge in [0.15, 0.2) is 4.80 Å². The van der Waals surface area contributed by atoms with Crippen LogP contribution in [0.1, 0.15) is 38.5 Å². The fourth-order valence-electron chi connectivity index (χ4n) is 3.22. The van der Waals surface area contributed by atoms with E-state index in [1.165, 1.54) is 12.8 Å². The quantitative estimate of drug-likeness (QED) is 0.800. The second-order valence-corrected chi connectivity index (χ2v) is 7.14. The fraction of sp³-hybridized carbons (Fsp3) is 0.556. The number of para-hydroxylation sites is 1. The van der Waals surface area contributed by atoms with Crippen molar-refractivity contribution >= 4 is 27.5 Å². The molecule has 2 aromatic rings. The first-order chi connectivity index (χ1) is 11.3. The van der Waals surface area contributed by atoms with Gasteiger partial charge in [0.1, 0.15) is 0 Å². The summed E-state index contributed by atoms with van der Waals surface area (Å²) in [6, 6.07) is 8.21. The Kier molecular flexibility index (Phi) is 5.62. The standard InChI is InChI=1S/C18H24N2O2S/c1-22-13-12-20-15-10-6-7-11-16(15)23-18(20)19-17(21)14-8-4-2-3-5-9-14/h6-7,10-11,14H,2-5,8-9,12-13H2,1H3. The minimum absolute atomic E-state index is 0.0598. The average Bonchev–Trinajstić information content (AvgIpc) is 2.75. The summed E-state index contributed by atoms with van der Waals surface area (Å²) in [5.41, 5.74) is 1.13. The molecule has 0 bridgehead atoms. The highest BCUT2D eigenvalue weighted by Gasteiger charge is 2.20. The minimum atomic E-state index is 0.0598. The van der Waals surface area contributed by atoms with Crippen LogP contribution >= 0.6 is 11.3 Å². The Balaban J connectivity index is 1.94. The number of methoxy groups -OCH3 is 1. The fourth-order valence-corrected chi connectivity index (χ4v) is 4.28. The molecule has 0 aliphatic heterocycles. The lowest BCUT2D eigenvalue weighted by Crippen LogP contribution is -2.22. The summed E-state index contributed by atoms with van der Waals surface area (Å²) in [7, 11) is 1.70.